The summed E-state index contributed by atoms with van der Waals surface area (Å²) in [5.74, 6) is 0. The second kappa shape index (κ2) is 3.29. The van der Waals surface area contributed by atoms with Crippen molar-refractivity contribution in [3.63, 3.8) is 0 Å². The molecule has 0 aliphatic rings. The van der Waals surface area contributed by atoms with E-state index in [1.807, 2.05) is 0 Å². The molecule has 0 aromatic heterocycles. The van der Waals surface area contributed by atoms with Gasteiger partial charge in [0, 0.05) is 6.08 Å². The maximum Gasteiger partial charge on any atom is 0.269 e. The van der Waals surface area contributed by atoms with E-state index in [0.29, 0.717) is 0 Å². The molecular weight excluding hydrogens is 117 g/mol. The van der Waals surface area contributed by atoms with Gasteiger partial charge in [-0.1, -0.05) is 12.7 Å². The van der Waals surface area contributed by atoms with Gasteiger partial charge >= 0.3 is 0 Å². The molecular formula is C5H5F3. The Bertz CT molecular complexity index is 102. The summed E-state index contributed by atoms with van der Waals surface area (Å²) in [5, 5.41) is 0. The van der Waals surface area contributed by atoms with Crippen molar-refractivity contribution in [2.24, 2.45) is 0 Å². The summed E-state index contributed by atoms with van der Waals surface area (Å²) >= 11 is 0. The minimum Gasteiger partial charge on any atom is -0.238 e. The molecule has 0 aromatic carbocycles. The van der Waals surface area contributed by atoms with Gasteiger partial charge in [0.2, 0.25) is 0 Å². The van der Waals surface area contributed by atoms with Crippen molar-refractivity contribution in [1.82, 2.24) is 0 Å². The van der Waals surface area contributed by atoms with Crippen molar-refractivity contribution in [3.8, 4) is 0 Å². The summed E-state index contributed by atoms with van der Waals surface area (Å²) in [6, 6.07) is 0. The first-order chi connectivity index (χ1) is 3.66. The van der Waals surface area contributed by atoms with Gasteiger partial charge in [0.05, 0.1) is 0 Å². The first kappa shape index (κ1) is 7.27. The first-order valence-corrected chi connectivity index (χ1v) is 1.96. The molecule has 0 saturated carbocycles. The molecule has 0 rings (SSSR count). The zero-order valence-electron chi connectivity index (χ0n) is 4.07. The van der Waals surface area contributed by atoms with Crippen LogP contribution in [0, 0.1) is 0 Å². The fourth-order valence-corrected chi connectivity index (χ4v) is 0.188. The van der Waals surface area contributed by atoms with Crippen LogP contribution in [0.4, 0.5) is 13.2 Å². The standard InChI is InChI=1S/C5H5F3/c1-2-4(6)3-5(7)8/h2-4H,1H2. The fraction of sp³-hybridized carbons (Fsp3) is 0.200. The zero-order chi connectivity index (χ0) is 6.57. The van der Waals surface area contributed by atoms with Crippen LogP contribution < -0.4 is 0 Å². The highest BCUT2D eigenvalue weighted by Gasteiger charge is 1.96. The van der Waals surface area contributed by atoms with Gasteiger partial charge in [-0.05, 0) is 0 Å². The Kier molecular flexibility index (Phi) is 2.99. The van der Waals surface area contributed by atoms with Crippen molar-refractivity contribution in [2.45, 2.75) is 6.17 Å². The van der Waals surface area contributed by atoms with Crippen LogP contribution in [-0.2, 0) is 0 Å². The summed E-state index contributed by atoms with van der Waals surface area (Å²) in [4.78, 5) is 0. The predicted octanol–water partition coefficient (Wildman–Crippen LogP) is 2.29. The molecule has 0 nitrogen and oxygen atoms in total. The minimum absolute atomic E-state index is 0.188. The molecule has 1 unspecified atom stereocenters. The van der Waals surface area contributed by atoms with E-state index in [9.17, 15) is 13.2 Å². The Morgan fingerprint density at radius 1 is 1.50 bits per heavy atom. The molecule has 0 N–H and O–H groups in total. The van der Waals surface area contributed by atoms with E-state index in [-0.39, 0.29) is 6.08 Å². The second-order valence-corrected chi connectivity index (χ2v) is 1.14. The van der Waals surface area contributed by atoms with Gasteiger partial charge < -0.3 is 0 Å². The lowest BCUT2D eigenvalue weighted by Crippen LogP contribution is -1.85. The monoisotopic (exact) mass is 122 g/mol. The third-order valence-electron chi connectivity index (χ3n) is 0.510. The van der Waals surface area contributed by atoms with Crippen LogP contribution >= 0.6 is 0 Å². The summed E-state index contributed by atoms with van der Waals surface area (Å²) in [6.45, 7) is 2.96. The molecule has 0 spiro atoms. The van der Waals surface area contributed by atoms with E-state index in [2.05, 4.69) is 6.58 Å². The molecule has 3 heteroatoms. The lowest BCUT2D eigenvalue weighted by Gasteiger charge is -1.86. The van der Waals surface area contributed by atoms with E-state index in [4.69, 9.17) is 0 Å². The van der Waals surface area contributed by atoms with Crippen LogP contribution in [0.15, 0.2) is 24.8 Å². The van der Waals surface area contributed by atoms with E-state index in [1.54, 1.807) is 0 Å². The Morgan fingerprint density at radius 2 is 2.00 bits per heavy atom. The highest BCUT2D eigenvalue weighted by molar-refractivity contribution is 4.97. The van der Waals surface area contributed by atoms with Crippen molar-refractivity contribution < 1.29 is 13.2 Å². The minimum atomic E-state index is -2.02. The lowest BCUT2D eigenvalue weighted by molar-refractivity contribution is 0.392. The first-order valence-electron chi connectivity index (χ1n) is 1.96. The highest BCUT2D eigenvalue weighted by atomic mass is 19.3. The van der Waals surface area contributed by atoms with Gasteiger partial charge in [-0.2, -0.15) is 8.78 Å². The third kappa shape index (κ3) is 3.46. The Balaban J connectivity index is 3.68. The van der Waals surface area contributed by atoms with Crippen molar-refractivity contribution >= 4 is 0 Å². The van der Waals surface area contributed by atoms with E-state index in [1.165, 1.54) is 0 Å². The summed E-state index contributed by atoms with van der Waals surface area (Å²) < 4.78 is 33.8. The number of hydrogen-bond acceptors (Lipinski definition) is 0. The maximum absolute atomic E-state index is 11.7. The van der Waals surface area contributed by atoms with Crippen LogP contribution in [0.3, 0.4) is 0 Å². The molecule has 0 aliphatic carbocycles. The Morgan fingerprint density at radius 3 is 2.12 bits per heavy atom. The SMILES string of the molecule is C=CC(F)C=C(F)F. The topological polar surface area (TPSA) is 0 Å². The summed E-state index contributed by atoms with van der Waals surface area (Å²) in [7, 11) is 0. The van der Waals surface area contributed by atoms with Gasteiger partial charge in [-0.25, -0.2) is 4.39 Å². The molecule has 1 atom stereocenters. The normalized spacial score (nSPS) is 12.4. The number of rotatable bonds is 2. The molecule has 0 fully saturated rings. The zero-order valence-corrected chi connectivity index (χ0v) is 4.07. The molecule has 0 amide bonds. The largest absolute Gasteiger partial charge is 0.269 e. The smallest absolute Gasteiger partial charge is 0.238 e. The molecule has 0 saturated heterocycles. The number of allylic oxidation sites excluding steroid dienone is 2. The molecule has 8 heavy (non-hydrogen) atoms. The van der Waals surface area contributed by atoms with Gasteiger partial charge in [0.1, 0.15) is 6.17 Å². The number of hydrogen-bond donors (Lipinski definition) is 0. The van der Waals surface area contributed by atoms with Crippen molar-refractivity contribution in [3.05, 3.63) is 24.8 Å². The molecule has 0 aliphatic heterocycles. The Labute approximate surface area is 45.3 Å². The van der Waals surface area contributed by atoms with Crippen LogP contribution in [0.25, 0.3) is 0 Å². The number of halogens is 3. The lowest BCUT2D eigenvalue weighted by atomic mass is 10.4. The highest BCUT2D eigenvalue weighted by Crippen LogP contribution is 2.02. The van der Waals surface area contributed by atoms with E-state index < -0.39 is 12.3 Å². The van der Waals surface area contributed by atoms with Gasteiger partial charge in [-0.3, -0.25) is 0 Å². The van der Waals surface area contributed by atoms with E-state index >= 15 is 0 Å². The maximum atomic E-state index is 11.7. The quantitative estimate of drug-likeness (QED) is 0.493. The van der Waals surface area contributed by atoms with E-state index in [0.717, 1.165) is 6.08 Å². The predicted molar refractivity (Wildman–Crippen MR) is 25.4 cm³/mol. The third-order valence-corrected chi connectivity index (χ3v) is 0.510. The molecule has 0 bridgehead atoms. The number of alkyl halides is 1. The summed E-state index contributed by atoms with van der Waals surface area (Å²) in [5.41, 5.74) is 0. The second-order valence-electron chi connectivity index (χ2n) is 1.14. The molecule has 46 valence electrons. The molecule has 0 radical (unpaired) electrons. The van der Waals surface area contributed by atoms with Crippen molar-refractivity contribution in [1.29, 1.82) is 0 Å². The summed E-state index contributed by atoms with van der Waals surface area (Å²) in [6.07, 6.45) is -2.76. The van der Waals surface area contributed by atoms with Gasteiger partial charge in [-0.15, -0.1) is 0 Å². The average Bonchev–Trinajstić information content (AvgIpc) is 1.65. The van der Waals surface area contributed by atoms with Crippen LogP contribution in [0.5, 0.6) is 0 Å². The van der Waals surface area contributed by atoms with Crippen molar-refractivity contribution in [2.75, 3.05) is 0 Å². The van der Waals surface area contributed by atoms with Gasteiger partial charge in [0.15, 0.2) is 0 Å². The van der Waals surface area contributed by atoms with Crippen LogP contribution in [0.2, 0.25) is 0 Å². The Hall–Kier alpha value is -0.730. The fourth-order valence-electron chi connectivity index (χ4n) is 0.188. The van der Waals surface area contributed by atoms with Crippen LogP contribution in [-0.4, -0.2) is 6.17 Å². The molecule has 0 heterocycles. The van der Waals surface area contributed by atoms with Gasteiger partial charge in [0.25, 0.3) is 6.08 Å². The average molecular weight is 122 g/mol. The van der Waals surface area contributed by atoms with Crippen LogP contribution in [0.1, 0.15) is 0 Å². The molecule has 0 aromatic rings.